The van der Waals surface area contributed by atoms with Gasteiger partial charge >= 0.3 is 11.9 Å². The molecule has 0 aromatic rings. The lowest BCUT2D eigenvalue weighted by atomic mass is 9.75. The van der Waals surface area contributed by atoms with Crippen LogP contribution in [0.25, 0.3) is 0 Å². The Hall–Kier alpha value is -1.10. The summed E-state index contributed by atoms with van der Waals surface area (Å²) < 4.78 is 10.1. The number of carbonyl (C=O) groups excluding carboxylic acids is 2. The molecule has 0 saturated carbocycles. The molecule has 0 aromatic carbocycles. The summed E-state index contributed by atoms with van der Waals surface area (Å²) in [7, 11) is 0. The number of hydrogen-bond donors (Lipinski definition) is 1. The molecule has 5 nitrogen and oxygen atoms in total. The zero-order chi connectivity index (χ0) is 15.1. The van der Waals surface area contributed by atoms with E-state index in [1.807, 2.05) is 13.8 Å². The molecular weight excluding hydrogens is 248 g/mol. The van der Waals surface area contributed by atoms with Gasteiger partial charge in [-0.05, 0) is 39.5 Å². The summed E-state index contributed by atoms with van der Waals surface area (Å²) >= 11 is 0. The monoisotopic (exact) mass is 274 g/mol. The van der Waals surface area contributed by atoms with E-state index in [0.29, 0.717) is 6.42 Å². The summed E-state index contributed by atoms with van der Waals surface area (Å²) in [5, 5.41) is 9.62. The molecule has 19 heavy (non-hydrogen) atoms. The molecule has 0 aliphatic rings. The molecule has 112 valence electrons. The molecule has 0 fully saturated rings. The summed E-state index contributed by atoms with van der Waals surface area (Å²) in [6.45, 7) is 9.13. The molecule has 1 N–H and O–H groups in total. The van der Waals surface area contributed by atoms with Crippen molar-refractivity contribution in [1.82, 2.24) is 0 Å². The summed E-state index contributed by atoms with van der Waals surface area (Å²) in [4.78, 5) is 24.4. The summed E-state index contributed by atoms with van der Waals surface area (Å²) in [6, 6.07) is 0. The van der Waals surface area contributed by atoms with Crippen molar-refractivity contribution in [2.24, 2.45) is 11.3 Å². The highest BCUT2D eigenvalue weighted by Crippen LogP contribution is 2.35. The fourth-order valence-corrected chi connectivity index (χ4v) is 2.24. The van der Waals surface area contributed by atoms with Gasteiger partial charge < -0.3 is 14.6 Å². The van der Waals surface area contributed by atoms with Gasteiger partial charge in [-0.1, -0.05) is 13.8 Å². The third-order valence-corrected chi connectivity index (χ3v) is 2.73. The first-order valence-corrected chi connectivity index (χ1v) is 6.82. The second-order valence-corrected chi connectivity index (χ2v) is 5.17. The molecule has 0 radical (unpaired) electrons. The van der Waals surface area contributed by atoms with E-state index in [2.05, 4.69) is 0 Å². The smallest absolute Gasteiger partial charge is 0.323 e. The standard InChI is InChI=1S/C14H26O5/c1-6-18-12(16)14(8-10(3)4,9-11(5)15)13(17)19-7-2/h10-11,15H,6-9H2,1-5H3. The zero-order valence-corrected chi connectivity index (χ0v) is 12.6. The second kappa shape index (κ2) is 8.15. The summed E-state index contributed by atoms with van der Waals surface area (Å²) in [5.41, 5.74) is -1.41. The Morgan fingerprint density at radius 3 is 1.68 bits per heavy atom. The molecule has 0 saturated heterocycles. The molecule has 1 atom stereocenters. The molecule has 0 bridgehead atoms. The Balaban J connectivity index is 5.42. The summed E-state index contributed by atoms with van der Waals surface area (Å²) in [6.07, 6.45) is -0.467. The molecule has 0 spiro atoms. The molecule has 1 unspecified atom stereocenters. The highest BCUT2D eigenvalue weighted by atomic mass is 16.6. The van der Waals surface area contributed by atoms with E-state index < -0.39 is 23.5 Å². The number of hydrogen-bond acceptors (Lipinski definition) is 5. The first-order chi connectivity index (χ1) is 8.80. The minimum absolute atomic E-state index is 0.0167. The van der Waals surface area contributed by atoms with Gasteiger partial charge in [-0.15, -0.1) is 0 Å². The highest BCUT2D eigenvalue weighted by Gasteiger charge is 2.49. The third kappa shape index (κ3) is 5.19. The highest BCUT2D eigenvalue weighted by molar-refractivity contribution is 6.00. The predicted octanol–water partition coefficient (Wildman–Crippen LogP) is 1.92. The van der Waals surface area contributed by atoms with Gasteiger partial charge in [0, 0.05) is 0 Å². The van der Waals surface area contributed by atoms with Crippen molar-refractivity contribution in [3.63, 3.8) is 0 Å². The largest absolute Gasteiger partial charge is 0.465 e. The van der Waals surface area contributed by atoms with Crippen LogP contribution in [0.1, 0.15) is 47.5 Å². The number of aliphatic hydroxyl groups is 1. The van der Waals surface area contributed by atoms with E-state index in [1.54, 1.807) is 20.8 Å². The third-order valence-electron chi connectivity index (χ3n) is 2.73. The van der Waals surface area contributed by atoms with Crippen molar-refractivity contribution < 1.29 is 24.2 Å². The van der Waals surface area contributed by atoms with Gasteiger partial charge in [-0.25, -0.2) is 0 Å². The van der Waals surface area contributed by atoms with Gasteiger partial charge in [0.1, 0.15) is 0 Å². The number of carbonyl (C=O) groups is 2. The maximum Gasteiger partial charge on any atom is 0.323 e. The number of esters is 2. The lowest BCUT2D eigenvalue weighted by Crippen LogP contribution is -2.45. The Kier molecular flexibility index (Phi) is 7.68. The molecule has 5 heteroatoms. The topological polar surface area (TPSA) is 72.8 Å². The Morgan fingerprint density at radius 1 is 1.00 bits per heavy atom. The van der Waals surface area contributed by atoms with E-state index in [-0.39, 0.29) is 25.6 Å². The fourth-order valence-electron chi connectivity index (χ4n) is 2.24. The van der Waals surface area contributed by atoms with E-state index in [0.717, 1.165) is 0 Å². The van der Waals surface area contributed by atoms with Crippen molar-refractivity contribution in [3.05, 3.63) is 0 Å². The minimum Gasteiger partial charge on any atom is -0.465 e. The van der Waals surface area contributed by atoms with Crippen LogP contribution < -0.4 is 0 Å². The van der Waals surface area contributed by atoms with Gasteiger partial charge in [0.25, 0.3) is 0 Å². The van der Waals surface area contributed by atoms with E-state index in [9.17, 15) is 14.7 Å². The fraction of sp³-hybridized carbons (Fsp3) is 0.857. The van der Waals surface area contributed by atoms with Crippen LogP contribution in [0.4, 0.5) is 0 Å². The quantitative estimate of drug-likeness (QED) is 0.540. The molecule has 0 aliphatic heterocycles. The van der Waals surface area contributed by atoms with E-state index in [4.69, 9.17) is 9.47 Å². The van der Waals surface area contributed by atoms with Crippen LogP contribution in [-0.2, 0) is 19.1 Å². The lowest BCUT2D eigenvalue weighted by molar-refractivity contribution is -0.176. The van der Waals surface area contributed by atoms with E-state index in [1.165, 1.54) is 0 Å². The van der Waals surface area contributed by atoms with Crippen molar-refractivity contribution in [3.8, 4) is 0 Å². The lowest BCUT2D eigenvalue weighted by Gasteiger charge is -2.31. The molecule has 0 amide bonds. The molecule has 0 heterocycles. The number of ether oxygens (including phenoxy) is 2. The molecule has 0 rings (SSSR count). The SMILES string of the molecule is CCOC(=O)C(CC(C)C)(CC(C)O)C(=O)OCC. The van der Waals surface area contributed by atoms with Crippen LogP contribution in [0.15, 0.2) is 0 Å². The number of aliphatic hydroxyl groups excluding tert-OH is 1. The maximum atomic E-state index is 12.2. The number of rotatable bonds is 8. The summed E-state index contributed by atoms with van der Waals surface area (Å²) in [5.74, 6) is -1.11. The predicted molar refractivity (Wildman–Crippen MR) is 71.5 cm³/mol. The van der Waals surface area contributed by atoms with Crippen molar-refractivity contribution in [2.45, 2.75) is 53.6 Å². The average Bonchev–Trinajstić information content (AvgIpc) is 2.27. The van der Waals surface area contributed by atoms with Crippen molar-refractivity contribution >= 4 is 11.9 Å². The van der Waals surface area contributed by atoms with Crippen LogP contribution in [-0.4, -0.2) is 36.4 Å². The average molecular weight is 274 g/mol. The molecular formula is C14H26O5. The van der Waals surface area contributed by atoms with Gasteiger partial charge in [0.15, 0.2) is 5.41 Å². The minimum atomic E-state index is -1.41. The maximum absolute atomic E-state index is 12.2. The van der Waals surface area contributed by atoms with Crippen molar-refractivity contribution in [2.75, 3.05) is 13.2 Å². The normalized spacial score (nSPS) is 13.2. The molecule has 0 aromatic heterocycles. The zero-order valence-electron chi connectivity index (χ0n) is 12.6. The Morgan fingerprint density at radius 2 is 1.42 bits per heavy atom. The first-order valence-electron chi connectivity index (χ1n) is 6.82. The van der Waals surface area contributed by atoms with Gasteiger partial charge in [-0.2, -0.15) is 0 Å². The van der Waals surface area contributed by atoms with Crippen LogP contribution >= 0.6 is 0 Å². The van der Waals surface area contributed by atoms with Gasteiger partial charge in [0.05, 0.1) is 19.3 Å². The first kappa shape index (κ1) is 17.9. The van der Waals surface area contributed by atoms with Gasteiger partial charge in [-0.3, -0.25) is 9.59 Å². The Bertz CT molecular complexity index is 266. The van der Waals surface area contributed by atoms with E-state index >= 15 is 0 Å². The van der Waals surface area contributed by atoms with Crippen molar-refractivity contribution in [1.29, 1.82) is 0 Å². The van der Waals surface area contributed by atoms with Crippen LogP contribution in [0, 0.1) is 11.3 Å². The van der Waals surface area contributed by atoms with Crippen LogP contribution in [0.5, 0.6) is 0 Å². The Labute approximate surface area is 115 Å². The van der Waals surface area contributed by atoms with Gasteiger partial charge in [0.2, 0.25) is 0 Å². The van der Waals surface area contributed by atoms with Crippen LogP contribution in [0.2, 0.25) is 0 Å². The second-order valence-electron chi connectivity index (χ2n) is 5.17. The van der Waals surface area contributed by atoms with Crippen LogP contribution in [0.3, 0.4) is 0 Å². The molecule has 0 aliphatic carbocycles.